The number of Topliss-reactive ketones (excluding diaryl/α,β-unsaturated/α-hetero) is 1. The maximum absolute atomic E-state index is 12.5. The first-order valence-electron chi connectivity index (χ1n) is 11.0. The van der Waals surface area contributed by atoms with E-state index in [9.17, 15) is 4.79 Å². The van der Waals surface area contributed by atoms with Crippen LogP contribution in [0.15, 0.2) is 16.7 Å². The molecule has 166 valence electrons. The van der Waals surface area contributed by atoms with E-state index < -0.39 is 0 Å². The molecule has 3 aromatic heterocycles. The second kappa shape index (κ2) is 8.09. The van der Waals surface area contributed by atoms with Gasteiger partial charge in [0.15, 0.2) is 11.4 Å². The third kappa shape index (κ3) is 4.97. The third-order valence-electron chi connectivity index (χ3n) is 5.66. The topological polar surface area (TPSA) is 83.0 Å². The van der Waals surface area contributed by atoms with Crippen molar-refractivity contribution in [3.8, 4) is 5.88 Å². The Balaban J connectivity index is 1.37. The number of nitrogens with zero attached hydrogens (tertiary/aromatic N) is 4. The SMILES string of the molecule is Cc1cc(OCC(=O)CC(C)c2cc(CC(C)(C)C)on2)nc2c1c(C1CC1)nn2C. The summed E-state index contributed by atoms with van der Waals surface area (Å²) in [5, 5.41) is 9.94. The van der Waals surface area contributed by atoms with Gasteiger partial charge in [0.25, 0.3) is 0 Å². The number of rotatable bonds is 8. The van der Waals surface area contributed by atoms with Crippen LogP contribution >= 0.6 is 0 Å². The highest BCUT2D eigenvalue weighted by atomic mass is 16.5. The molecule has 0 amide bonds. The minimum Gasteiger partial charge on any atom is -0.470 e. The van der Waals surface area contributed by atoms with Crippen LogP contribution in [0, 0.1) is 12.3 Å². The lowest BCUT2D eigenvalue weighted by molar-refractivity contribution is -0.121. The van der Waals surface area contributed by atoms with Crippen LogP contribution in [0.2, 0.25) is 0 Å². The Hall–Kier alpha value is -2.70. The molecule has 1 aliphatic carbocycles. The molecular formula is C24H32N4O3. The first-order chi connectivity index (χ1) is 14.6. The summed E-state index contributed by atoms with van der Waals surface area (Å²) in [5.74, 6) is 1.86. The number of hydrogen-bond donors (Lipinski definition) is 0. The van der Waals surface area contributed by atoms with Crippen molar-refractivity contribution in [3.63, 3.8) is 0 Å². The molecule has 1 unspecified atom stereocenters. The zero-order valence-electron chi connectivity index (χ0n) is 19.4. The molecule has 0 aromatic carbocycles. The van der Waals surface area contributed by atoms with Gasteiger partial charge < -0.3 is 9.26 Å². The van der Waals surface area contributed by atoms with Gasteiger partial charge in [-0.05, 0) is 30.7 Å². The third-order valence-corrected chi connectivity index (χ3v) is 5.66. The van der Waals surface area contributed by atoms with Gasteiger partial charge in [-0.25, -0.2) is 0 Å². The summed E-state index contributed by atoms with van der Waals surface area (Å²) in [7, 11) is 1.91. The van der Waals surface area contributed by atoms with Crippen molar-refractivity contribution >= 4 is 16.8 Å². The number of carbonyl (C=O) groups excluding carboxylic acids is 1. The highest BCUT2D eigenvalue weighted by Crippen LogP contribution is 2.43. The van der Waals surface area contributed by atoms with Crippen LogP contribution in [0.5, 0.6) is 5.88 Å². The number of ketones is 1. The van der Waals surface area contributed by atoms with E-state index in [1.54, 1.807) is 0 Å². The van der Waals surface area contributed by atoms with Crippen molar-refractivity contribution in [3.05, 3.63) is 34.8 Å². The van der Waals surface area contributed by atoms with Crippen molar-refractivity contribution in [1.82, 2.24) is 19.9 Å². The molecule has 0 spiro atoms. The van der Waals surface area contributed by atoms with Gasteiger partial charge in [-0.2, -0.15) is 10.1 Å². The second-order valence-corrected chi connectivity index (χ2v) is 10.1. The van der Waals surface area contributed by atoms with Crippen LogP contribution in [-0.4, -0.2) is 32.3 Å². The zero-order valence-corrected chi connectivity index (χ0v) is 19.4. The molecule has 0 saturated heterocycles. The number of aryl methyl sites for hydroxylation is 2. The molecule has 1 fully saturated rings. The van der Waals surface area contributed by atoms with E-state index in [1.165, 1.54) is 12.8 Å². The molecule has 1 atom stereocenters. The van der Waals surface area contributed by atoms with E-state index in [1.807, 2.05) is 37.7 Å². The summed E-state index contributed by atoms with van der Waals surface area (Å²) in [4.78, 5) is 17.1. The minimum absolute atomic E-state index is 0.0103. The van der Waals surface area contributed by atoms with E-state index in [0.717, 1.165) is 40.2 Å². The van der Waals surface area contributed by atoms with Crippen LogP contribution in [0.3, 0.4) is 0 Å². The van der Waals surface area contributed by atoms with Crippen LogP contribution in [0.1, 0.15) is 81.5 Å². The lowest BCUT2D eigenvalue weighted by Crippen LogP contribution is -2.14. The summed E-state index contributed by atoms with van der Waals surface area (Å²) < 4.78 is 13.0. The maximum atomic E-state index is 12.5. The van der Waals surface area contributed by atoms with Gasteiger partial charge in [-0.1, -0.05) is 32.9 Å². The lowest BCUT2D eigenvalue weighted by Gasteiger charge is -2.14. The molecule has 3 aromatic rings. The first-order valence-corrected chi connectivity index (χ1v) is 11.0. The Morgan fingerprint density at radius 3 is 2.74 bits per heavy atom. The maximum Gasteiger partial charge on any atom is 0.215 e. The molecule has 3 heterocycles. The van der Waals surface area contributed by atoms with Gasteiger partial charge in [-0.3, -0.25) is 9.48 Å². The standard InChI is InChI=1S/C24H32N4O3/c1-14(19-11-18(31-27-19)12-24(3,4)5)9-17(29)13-30-20-10-15(2)21-22(16-7-8-16)26-28(6)23(21)25-20/h10-11,14,16H,7-9,12-13H2,1-6H3. The van der Waals surface area contributed by atoms with Crippen molar-refractivity contribution in [1.29, 1.82) is 0 Å². The molecule has 0 radical (unpaired) electrons. The molecule has 0 aliphatic heterocycles. The fourth-order valence-electron chi connectivity index (χ4n) is 3.98. The highest BCUT2D eigenvalue weighted by molar-refractivity contribution is 5.84. The minimum atomic E-state index is -0.0242. The molecule has 1 aliphatic rings. The number of fused-ring (bicyclic) bond motifs is 1. The predicted molar refractivity (Wildman–Crippen MR) is 118 cm³/mol. The number of pyridine rings is 1. The Morgan fingerprint density at radius 1 is 1.32 bits per heavy atom. The number of ether oxygens (including phenoxy) is 1. The summed E-state index contributed by atoms with van der Waals surface area (Å²) in [6.07, 6.45) is 3.55. The molecule has 7 nitrogen and oxygen atoms in total. The smallest absolute Gasteiger partial charge is 0.215 e. The van der Waals surface area contributed by atoms with Crippen molar-refractivity contribution in [2.45, 2.75) is 72.1 Å². The van der Waals surface area contributed by atoms with Crippen LogP contribution in [0.4, 0.5) is 0 Å². The Morgan fingerprint density at radius 2 is 2.06 bits per heavy atom. The molecule has 0 bridgehead atoms. The van der Waals surface area contributed by atoms with E-state index in [2.05, 4.69) is 36.0 Å². The van der Waals surface area contributed by atoms with E-state index in [-0.39, 0.29) is 23.7 Å². The van der Waals surface area contributed by atoms with Gasteiger partial charge in [0.05, 0.1) is 11.4 Å². The average molecular weight is 425 g/mol. The van der Waals surface area contributed by atoms with Gasteiger partial charge in [0.1, 0.15) is 12.4 Å². The summed E-state index contributed by atoms with van der Waals surface area (Å²) >= 11 is 0. The summed E-state index contributed by atoms with van der Waals surface area (Å²) in [6.45, 7) is 10.5. The molecule has 0 N–H and O–H groups in total. The fraction of sp³-hybridized carbons (Fsp3) is 0.583. The fourth-order valence-corrected chi connectivity index (χ4v) is 3.98. The lowest BCUT2D eigenvalue weighted by atomic mass is 9.90. The normalized spacial score (nSPS) is 15.4. The number of hydrogen-bond acceptors (Lipinski definition) is 6. The van der Waals surface area contributed by atoms with E-state index in [0.29, 0.717) is 18.2 Å². The monoisotopic (exact) mass is 424 g/mol. The van der Waals surface area contributed by atoms with Crippen LogP contribution < -0.4 is 4.74 Å². The summed E-state index contributed by atoms with van der Waals surface area (Å²) in [6, 6.07) is 3.87. The zero-order chi connectivity index (χ0) is 22.3. The Bertz CT molecular complexity index is 1100. The molecule has 7 heteroatoms. The number of aromatic nitrogens is 4. The molecule has 1 saturated carbocycles. The van der Waals surface area contributed by atoms with Crippen molar-refractivity contribution in [2.75, 3.05) is 6.61 Å². The molecular weight excluding hydrogens is 392 g/mol. The van der Waals surface area contributed by atoms with E-state index in [4.69, 9.17) is 9.26 Å². The van der Waals surface area contributed by atoms with Crippen LogP contribution in [0.25, 0.3) is 11.0 Å². The number of carbonyl (C=O) groups is 1. The van der Waals surface area contributed by atoms with Crippen molar-refractivity contribution in [2.24, 2.45) is 12.5 Å². The average Bonchev–Trinajstić information content (AvgIpc) is 3.33. The summed E-state index contributed by atoms with van der Waals surface area (Å²) in [5.41, 5.74) is 3.97. The molecule has 4 rings (SSSR count). The molecule has 31 heavy (non-hydrogen) atoms. The van der Waals surface area contributed by atoms with Gasteiger partial charge in [-0.15, -0.1) is 0 Å². The second-order valence-electron chi connectivity index (χ2n) is 10.1. The van der Waals surface area contributed by atoms with E-state index >= 15 is 0 Å². The predicted octanol–water partition coefficient (Wildman–Crippen LogP) is 4.87. The quantitative estimate of drug-likeness (QED) is 0.513. The largest absolute Gasteiger partial charge is 0.470 e. The van der Waals surface area contributed by atoms with Gasteiger partial charge >= 0.3 is 0 Å². The van der Waals surface area contributed by atoms with Gasteiger partial charge in [0, 0.05) is 49.2 Å². The Kier molecular flexibility index (Phi) is 5.62. The Labute approximate surface area is 183 Å². The highest BCUT2D eigenvalue weighted by Gasteiger charge is 2.30. The first kappa shape index (κ1) is 21.5. The van der Waals surface area contributed by atoms with Gasteiger partial charge in [0.2, 0.25) is 5.88 Å². The van der Waals surface area contributed by atoms with Crippen molar-refractivity contribution < 1.29 is 14.1 Å². The van der Waals surface area contributed by atoms with Crippen LogP contribution in [-0.2, 0) is 18.3 Å².